The van der Waals surface area contributed by atoms with Gasteiger partial charge in [-0.1, -0.05) is 45.5 Å². The number of allylic oxidation sites excluding steroid dienone is 2. The van der Waals surface area contributed by atoms with Gasteiger partial charge in [-0.05, 0) is 31.3 Å². The minimum Gasteiger partial charge on any atom is -0.350 e. The van der Waals surface area contributed by atoms with Crippen LogP contribution < -0.4 is 0 Å². The third-order valence-corrected chi connectivity index (χ3v) is 4.54. The number of rotatable bonds is 8. The summed E-state index contributed by atoms with van der Waals surface area (Å²) in [6.45, 7) is 11.3. The molecule has 132 valence electrons. The highest BCUT2D eigenvalue weighted by Gasteiger charge is 2.20. The van der Waals surface area contributed by atoms with Crippen molar-refractivity contribution in [2.24, 2.45) is 5.92 Å². The van der Waals surface area contributed by atoms with Crippen molar-refractivity contribution in [3.8, 4) is 0 Å². The molecule has 1 fully saturated rings. The van der Waals surface area contributed by atoms with Crippen molar-refractivity contribution in [1.29, 1.82) is 0 Å². The Hall–Kier alpha value is -0.650. The Balaban J connectivity index is 2.29. The Kier molecular flexibility index (Phi) is 8.51. The minimum atomic E-state index is -0.144. The molecule has 5 heteroatoms. The van der Waals surface area contributed by atoms with Crippen molar-refractivity contribution in [2.75, 3.05) is 13.2 Å². The van der Waals surface area contributed by atoms with E-state index in [1.54, 1.807) is 6.92 Å². The van der Waals surface area contributed by atoms with Crippen molar-refractivity contribution in [3.63, 3.8) is 0 Å². The standard InChI is InChI=1S/C18H30O4S/c1-13(11-17-21-9-10-22-17)7-6-8-14(2)15(19)12-16(20)23-18(3,4)5/h8,13,17H,6-7,9-12H2,1-5H3/b14-8+/t13-/m1/s1. The highest BCUT2D eigenvalue weighted by atomic mass is 32.2. The molecule has 0 saturated carbocycles. The SMILES string of the molecule is C/C(=C\CC[C@@H](C)CC1OCCO1)C(=O)CC(=O)SC(C)(C)C. The zero-order valence-electron chi connectivity index (χ0n) is 15.0. The lowest BCUT2D eigenvalue weighted by atomic mass is 10.00. The first-order valence-corrected chi connectivity index (χ1v) is 9.14. The Morgan fingerprint density at radius 2 is 1.87 bits per heavy atom. The van der Waals surface area contributed by atoms with Crippen LogP contribution in [0.1, 0.15) is 60.3 Å². The van der Waals surface area contributed by atoms with Crippen LogP contribution in [-0.2, 0) is 19.1 Å². The Morgan fingerprint density at radius 3 is 2.43 bits per heavy atom. The maximum atomic E-state index is 12.1. The average Bonchev–Trinajstić information content (AvgIpc) is 2.88. The van der Waals surface area contributed by atoms with E-state index in [0.717, 1.165) is 19.3 Å². The smallest absolute Gasteiger partial charge is 0.197 e. The molecule has 0 bridgehead atoms. The summed E-state index contributed by atoms with van der Waals surface area (Å²) in [5, 5.41) is -0.0563. The Labute approximate surface area is 144 Å². The molecule has 0 N–H and O–H groups in total. The molecular weight excluding hydrogens is 312 g/mol. The lowest BCUT2D eigenvalue weighted by molar-refractivity contribution is -0.120. The fourth-order valence-electron chi connectivity index (χ4n) is 2.34. The summed E-state index contributed by atoms with van der Waals surface area (Å²) in [5.41, 5.74) is 0.688. The van der Waals surface area contributed by atoms with Gasteiger partial charge in [-0.3, -0.25) is 9.59 Å². The van der Waals surface area contributed by atoms with Gasteiger partial charge >= 0.3 is 0 Å². The van der Waals surface area contributed by atoms with Crippen LogP contribution >= 0.6 is 11.8 Å². The van der Waals surface area contributed by atoms with Crippen LogP contribution in [0.2, 0.25) is 0 Å². The summed E-state index contributed by atoms with van der Waals surface area (Å²) >= 11 is 1.23. The second-order valence-corrected chi connectivity index (χ2v) is 9.05. The van der Waals surface area contributed by atoms with E-state index >= 15 is 0 Å². The van der Waals surface area contributed by atoms with Crippen LogP contribution in [0.15, 0.2) is 11.6 Å². The molecule has 0 aromatic carbocycles. The molecule has 23 heavy (non-hydrogen) atoms. The molecule has 1 saturated heterocycles. The molecular formula is C18H30O4S. The number of ketones is 1. The second kappa shape index (κ2) is 9.60. The Bertz CT molecular complexity index is 431. The van der Waals surface area contributed by atoms with E-state index in [9.17, 15) is 9.59 Å². The summed E-state index contributed by atoms with van der Waals surface area (Å²) in [6.07, 6.45) is 4.59. The second-order valence-electron chi connectivity index (χ2n) is 7.16. The highest BCUT2D eigenvalue weighted by Crippen LogP contribution is 2.25. The first-order valence-electron chi connectivity index (χ1n) is 8.32. The number of carbonyl (C=O) groups excluding carboxylic acids is 2. The van der Waals surface area contributed by atoms with Gasteiger partial charge in [0.05, 0.1) is 19.6 Å². The van der Waals surface area contributed by atoms with Crippen molar-refractivity contribution in [3.05, 3.63) is 11.6 Å². The lowest BCUT2D eigenvalue weighted by Crippen LogP contribution is -2.15. The van der Waals surface area contributed by atoms with Gasteiger partial charge in [-0.15, -0.1) is 0 Å². The molecule has 1 aliphatic rings. The van der Waals surface area contributed by atoms with Crippen LogP contribution in [0.5, 0.6) is 0 Å². The first kappa shape index (κ1) is 20.4. The average molecular weight is 343 g/mol. The largest absolute Gasteiger partial charge is 0.350 e. The minimum absolute atomic E-state index is 0.0103. The van der Waals surface area contributed by atoms with Crippen LogP contribution in [0.3, 0.4) is 0 Å². The van der Waals surface area contributed by atoms with Gasteiger partial charge in [0.25, 0.3) is 0 Å². The van der Waals surface area contributed by atoms with E-state index in [1.165, 1.54) is 11.8 Å². The van der Waals surface area contributed by atoms with E-state index < -0.39 is 0 Å². The number of thioether (sulfide) groups is 1. The predicted molar refractivity (Wildman–Crippen MR) is 94.4 cm³/mol. The molecule has 1 heterocycles. The number of hydrogen-bond acceptors (Lipinski definition) is 5. The molecule has 0 spiro atoms. The zero-order chi connectivity index (χ0) is 17.5. The monoisotopic (exact) mass is 342 g/mol. The zero-order valence-corrected chi connectivity index (χ0v) is 15.8. The number of ether oxygens (including phenoxy) is 2. The van der Waals surface area contributed by atoms with E-state index in [1.807, 2.05) is 26.8 Å². The maximum absolute atomic E-state index is 12.1. The van der Waals surface area contributed by atoms with Crippen molar-refractivity contribution in [1.82, 2.24) is 0 Å². The quantitative estimate of drug-likeness (QED) is 0.490. The molecule has 0 aromatic rings. The highest BCUT2D eigenvalue weighted by molar-refractivity contribution is 8.14. The first-order chi connectivity index (χ1) is 10.7. The van der Waals surface area contributed by atoms with E-state index in [0.29, 0.717) is 24.7 Å². The summed E-state index contributed by atoms with van der Waals surface area (Å²) in [6, 6.07) is 0. The molecule has 0 radical (unpaired) electrons. The van der Waals surface area contributed by atoms with Crippen molar-refractivity contribution < 1.29 is 19.1 Å². The molecule has 0 unspecified atom stereocenters. The molecule has 1 atom stereocenters. The molecule has 0 aromatic heterocycles. The topological polar surface area (TPSA) is 52.6 Å². The van der Waals surface area contributed by atoms with Crippen LogP contribution in [0, 0.1) is 5.92 Å². The van der Waals surface area contributed by atoms with Crippen LogP contribution in [0.25, 0.3) is 0 Å². The lowest BCUT2D eigenvalue weighted by Gasteiger charge is -2.16. The van der Waals surface area contributed by atoms with Gasteiger partial charge in [0.15, 0.2) is 17.2 Å². The molecule has 1 aliphatic heterocycles. The predicted octanol–water partition coefficient (Wildman–Crippen LogP) is 4.13. The molecule has 0 amide bonds. The third-order valence-electron chi connectivity index (χ3n) is 3.56. The van der Waals surface area contributed by atoms with Gasteiger partial charge in [-0.25, -0.2) is 0 Å². The summed E-state index contributed by atoms with van der Waals surface area (Å²) in [5.74, 6) is 0.414. The van der Waals surface area contributed by atoms with Gasteiger partial charge in [0, 0.05) is 11.2 Å². The van der Waals surface area contributed by atoms with Gasteiger partial charge in [0.2, 0.25) is 0 Å². The number of hydrogen-bond donors (Lipinski definition) is 0. The molecule has 4 nitrogen and oxygen atoms in total. The fraction of sp³-hybridized carbons (Fsp3) is 0.778. The van der Waals surface area contributed by atoms with Gasteiger partial charge in [0.1, 0.15) is 0 Å². The number of carbonyl (C=O) groups is 2. The summed E-state index contributed by atoms with van der Waals surface area (Å²) in [7, 11) is 0. The van der Waals surface area contributed by atoms with Crippen LogP contribution in [-0.4, -0.2) is 35.1 Å². The van der Waals surface area contributed by atoms with E-state index in [-0.39, 0.29) is 28.4 Å². The fourth-order valence-corrected chi connectivity index (χ4v) is 3.22. The third kappa shape index (κ3) is 9.28. The molecule has 1 rings (SSSR count). The number of Topliss-reactive ketones (excluding diaryl/α,β-unsaturated/α-hetero) is 1. The van der Waals surface area contributed by atoms with E-state index in [4.69, 9.17) is 9.47 Å². The molecule has 0 aliphatic carbocycles. The van der Waals surface area contributed by atoms with Crippen molar-refractivity contribution in [2.45, 2.75) is 71.3 Å². The normalized spacial score (nSPS) is 18.2. The van der Waals surface area contributed by atoms with Crippen molar-refractivity contribution >= 4 is 22.7 Å². The summed E-state index contributed by atoms with van der Waals surface area (Å²) in [4.78, 5) is 23.9. The van der Waals surface area contributed by atoms with E-state index in [2.05, 4.69) is 6.92 Å². The van der Waals surface area contributed by atoms with Crippen LogP contribution in [0.4, 0.5) is 0 Å². The Morgan fingerprint density at radius 1 is 1.26 bits per heavy atom. The van der Waals surface area contributed by atoms with Gasteiger partial charge in [-0.2, -0.15) is 0 Å². The summed E-state index contributed by atoms with van der Waals surface area (Å²) < 4.78 is 10.7. The van der Waals surface area contributed by atoms with Gasteiger partial charge < -0.3 is 9.47 Å². The maximum Gasteiger partial charge on any atom is 0.197 e.